The monoisotopic (exact) mass is 352 g/mol. The number of thiol groups is 1. The van der Waals surface area contributed by atoms with Crippen molar-refractivity contribution >= 4 is 24.3 Å². The maximum atomic E-state index is 11.0. The van der Waals surface area contributed by atoms with Crippen molar-refractivity contribution in [1.29, 1.82) is 0 Å². The number of carboxylic acids is 1. The van der Waals surface area contributed by atoms with Crippen LogP contribution in [0, 0.1) is 0 Å². The number of ether oxygens (including phenoxy) is 1. The fraction of sp³-hybridized carbons (Fsp3) is 0.0526. The van der Waals surface area contributed by atoms with Crippen LogP contribution in [0.25, 0.3) is 0 Å². The number of pyridine rings is 1. The summed E-state index contributed by atoms with van der Waals surface area (Å²) in [5.74, 6) is 0.384. The molecule has 3 rings (SSSR count). The van der Waals surface area contributed by atoms with E-state index in [0.29, 0.717) is 18.0 Å². The third-order valence-corrected chi connectivity index (χ3v) is 3.95. The molecule has 0 aliphatic rings. The quantitative estimate of drug-likeness (QED) is 0.571. The zero-order valence-electron chi connectivity index (χ0n) is 13.2. The summed E-state index contributed by atoms with van der Waals surface area (Å²) in [5, 5.41) is 12.3. The van der Waals surface area contributed by atoms with Crippen molar-refractivity contribution in [1.82, 2.24) is 4.98 Å². The summed E-state index contributed by atoms with van der Waals surface area (Å²) in [6.07, 6.45) is 3.33. The minimum atomic E-state index is -0.953. The average molecular weight is 352 g/mol. The Morgan fingerprint density at radius 1 is 1.12 bits per heavy atom. The zero-order chi connectivity index (χ0) is 17.6. The Balaban J connectivity index is 1.73. The first-order valence-corrected chi connectivity index (χ1v) is 8.03. The number of hydrogen-bond donors (Lipinski definition) is 3. The zero-order valence-corrected chi connectivity index (χ0v) is 14.1. The van der Waals surface area contributed by atoms with Crippen molar-refractivity contribution in [3.05, 3.63) is 78.1 Å². The molecule has 1 aromatic heterocycles. The van der Waals surface area contributed by atoms with Crippen LogP contribution in [0.1, 0.15) is 15.9 Å². The van der Waals surface area contributed by atoms with Crippen molar-refractivity contribution in [2.45, 2.75) is 11.4 Å². The Labute approximate surface area is 150 Å². The first kappa shape index (κ1) is 16.9. The molecule has 0 fully saturated rings. The smallest absolute Gasteiger partial charge is 0.335 e. The molecule has 0 amide bonds. The van der Waals surface area contributed by atoms with E-state index in [-0.39, 0.29) is 5.56 Å². The van der Waals surface area contributed by atoms with Crippen LogP contribution >= 0.6 is 12.6 Å². The van der Waals surface area contributed by atoms with E-state index < -0.39 is 5.97 Å². The van der Waals surface area contributed by atoms with Crippen molar-refractivity contribution < 1.29 is 14.6 Å². The average Bonchev–Trinajstić information content (AvgIpc) is 2.63. The predicted octanol–water partition coefficient (Wildman–Crippen LogP) is 4.47. The molecule has 0 saturated heterocycles. The standard InChI is InChI=1S/C19H16N2O3S/c22-19(23)13-3-1-4-15(9-13)21-11-14-10-16(6-7-18(14)25)24-17-5-2-8-20-12-17/h1-10,12,21,25H,11H2,(H,22,23). The van der Waals surface area contributed by atoms with Crippen LogP contribution in [-0.2, 0) is 6.54 Å². The molecule has 25 heavy (non-hydrogen) atoms. The second kappa shape index (κ2) is 7.72. The molecule has 0 bridgehead atoms. The fourth-order valence-electron chi connectivity index (χ4n) is 2.27. The lowest BCUT2D eigenvalue weighted by Crippen LogP contribution is -2.03. The van der Waals surface area contributed by atoms with E-state index in [9.17, 15) is 4.79 Å². The van der Waals surface area contributed by atoms with Crippen molar-refractivity contribution in [3.63, 3.8) is 0 Å². The Morgan fingerprint density at radius 3 is 2.76 bits per heavy atom. The van der Waals surface area contributed by atoms with Gasteiger partial charge in [-0.15, -0.1) is 12.6 Å². The lowest BCUT2D eigenvalue weighted by atomic mass is 10.1. The van der Waals surface area contributed by atoms with Gasteiger partial charge in [0.05, 0.1) is 11.8 Å². The second-order valence-corrected chi connectivity index (χ2v) is 5.80. The number of nitrogens with one attached hydrogen (secondary N) is 1. The summed E-state index contributed by atoms with van der Waals surface area (Å²) < 4.78 is 5.77. The first-order valence-electron chi connectivity index (χ1n) is 7.59. The van der Waals surface area contributed by atoms with Gasteiger partial charge >= 0.3 is 5.97 Å². The SMILES string of the molecule is O=C(O)c1cccc(NCc2cc(Oc3cccnc3)ccc2S)c1. The highest BCUT2D eigenvalue weighted by molar-refractivity contribution is 7.80. The number of carbonyl (C=O) groups is 1. The summed E-state index contributed by atoms with van der Waals surface area (Å²) in [4.78, 5) is 15.9. The first-order chi connectivity index (χ1) is 12.1. The highest BCUT2D eigenvalue weighted by Gasteiger charge is 2.06. The van der Waals surface area contributed by atoms with E-state index in [1.165, 1.54) is 0 Å². The Hall–Kier alpha value is -2.99. The second-order valence-electron chi connectivity index (χ2n) is 5.32. The van der Waals surface area contributed by atoms with Crippen molar-refractivity contribution in [2.24, 2.45) is 0 Å². The molecule has 0 aliphatic heterocycles. The van der Waals surface area contributed by atoms with Gasteiger partial charge in [0.15, 0.2) is 0 Å². The molecule has 2 N–H and O–H groups in total. The number of rotatable bonds is 6. The van der Waals surface area contributed by atoms with Gasteiger partial charge in [0, 0.05) is 23.3 Å². The van der Waals surface area contributed by atoms with Gasteiger partial charge < -0.3 is 15.2 Å². The summed E-state index contributed by atoms with van der Waals surface area (Å²) in [7, 11) is 0. The van der Waals surface area contributed by atoms with Crippen LogP contribution in [0.4, 0.5) is 5.69 Å². The van der Waals surface area contributed by atoms with Crippen LogP contribution in [0.2, 0.25) is 0 Å². The van der Waals surface area contributed by atoms with Gasteiger partial charge in [-0.2, -0.15) is 0 Å². The van der Waals surface area contributed by atoms with Crippen LogP contribution in [0.15, 0.2) is 71.9 Å². The van der Waals surface area contributed by atoms with E-state index >= 15 is 0 Å². The largest absolute Gasteiger partial charge is 0.478 e. The fourth-order valence-corrected chi connectivity index (χ4v) is 2.49. The van der Waals surface area contributed by atoms with Gasteiger partial charge in [-0.3, -0.25) is 4.98 Å². The number of nitrogens with zero attached hydrogens (tertiary/aromatic N) is 1. The van der Waals surface area contributed by atoms with Gasteiger partial charge in [-0.1, -0.05) is 6.07 Å². The maximum absolute atomic E-state index is 11.0. The van der Waals surface area contributed by atoms with Gasteiger partial charge in [0.1, 0.15) is 11.5 Å². The number of aromatic carboxylic acids is 1. The van der Waals surface area contributed by atoms with E-state index in [0.717, 1.165) is 16.1 Å². The molecule has 5 nitrogen and oxygen atoms in total. The molecular weight excluding hydrogens is 336 g/mol. The van der Waals surface area contributed by atoms with E-state index in [4.69, 9.17) is 9.84 Å². The van der Waals surface area contributed by atoms with E-state index in [1.54, 1.807) is 36.7 Å². The summed E-state index contributed by atoms with van der Waals surface area (Å²) in [6, 6.07) is 15.9. The molecule has 1 heterocycles. The lowest BCUT2D eigenvalue weighted by Gasteiger charge is -2.12. The van der Waals surface area contributed by atoms with E-state index in [2.05, 4.69) is 22.9 Å². The molecular formula is C19H16N2O3S. The highest BCUT2D eigenvalue weighted by atomic mass is 32.1. The Morgan fingerprint density at radius 2 is 2.00 bits per heavy atom. The summed E-state index contributed by atoms with van der Waals surface area (Å²) in [6.45, 7) is 0.492. The van der Waals surface area contributed by atoms with Gasteiger partial charge in [0.25, 0.3) is 0 Å². The molecule has 126 valence electrons. The van der Waals surface area contributed by atoms with Gasteiger partial charge in [-0.05, 0) is 54.1 Å². The van der Waals surface area contributed by atoms with Crippen LogP contribution in [0.3, 0.4) is 0 Å². The minimum absolute atomic E-state index is 0.241. The van der Waals surface area contributed by atoms with Crippen LogP contribution in [-0.4, -0.2) is 16.1 Å². The third-order valence-electron chi connectivity index (χ3n) is 3.51. The van der Waals surface area contributed by atoms with Crippen LogP contribution in [0.5, 0.6) is 11.5 Å². The number of hydrogen-bond acceptors (Lipinski definition) is 5. The number of aromatic nitrogens is 1. The van der Waals surface area contributed by atoms with Crippen molar-refractivity contribution in [2.75, 3.05) is 5.32 Å². The topological polar surface area (TPSA) is 71.5 Å². The minimum Gasteiger partial charge on any atom is -0.478 e. The lowest BCUT2D eigenvalue weighted by molar-refractivity contribution is 0.0697. The molecule has 0 aliphatic carbocycles. The Kier molecular flexibility index (Phi) is 5.20. The maximum Gasteiger partial charge on any atom is 0.335 e. The number of benzene rings is 2. The van der Waals surface area contributed by atoms with Gasteiger partial charge in [0.2, 0.25) is 0 Å². The summed E-state index contributed by atoms with van der Waals surface area (Å²) in [5.41, 5.74) is 1.90. The normalized spacial score (nSPS) is 10.3. The highest BCUT2D eigenvalue weighted by Crippen LogP contribution is 2.26. The molecule has 0 radical (unpaired) electrons. The van der Waals surface area contributed by atoms with Crippen molar-refractivity contribution in [3.8, 4) is 11.5 Å². The number of anilines is 1. The van der Waals surface area contributed by atoms with E-state index in [1.807, 2.05) is 30.3 Å². The predicted molar refractivity (Wildman–Crippen MR) is 98.7 cm³/mol. The van der Waals surface area contributed by atoms with Crippen LogP contribution < -0.4 is 10.1 Å². The molecule has 3 aromatic rings. The third kappa shape index (κ3) is 4.51. The molecule has 6 heteroatoms. The molecule has 2 aromatic carbocycles. The summed E-state index contributed by atoms with van der Waals surface area (Å²) >= 11 is 4.47. The Bertz CT molecular complexity index is 885. The molecule has 0 unspecified atom stereocenters. The molecule has 0 saturated carbocycles. The number of carboxylic acid groups (broad SMARTS) is 1. The molecule has 0 atom stereocenters. The van der Waals surface area contributed by atoms with Gasteiger partial charge in [-0.25, -0.2) is 4.79 Å². The molecule has 0 spiro atoms.